The van der Waals surface area contributed by atoms with Gasteiger partial charge < -0.3 is 10.4 Å². The molecule has 0 bridgehead atoms. The maximum Gasteiger partial charge on any atom is 0.0619 e. The predicted molar refractivity (Wildman–Crippen MR) is 83.8 cm³/mol. The minimum atomic E-state index is -0.294. The van der Waals surface area contributed by atoms with Gasteiger partial charge >= 0.3 is 0 Å². The molecule has 2 rings (SSSR count). The van der Waals surface area contributed by atoms with Crippen LogP contribution in [0.3, 0.4) is 0 Å². The number of hydrogen-bond acceptors (Lipinski definition) is 2. The molecule has 0 aliphatic rings. The lowest BCUT2D eigenvalue weighted by molar-refractivity contribution is 0.160. The van der Waals surface area contributed by atoms with Crippen molar-refractivity contribution in [1.82, 2.24) is 5.32 Å². The molecule has 0 saturated heterocycles. The van der Waals surface area contributed by atoms with Gasteiger partial charge in [-0.3, -0.25) is 0 Å². The average molecular weight is 269 g/mol. The summed E-state index contributed by atoms with van der Waals surface area (Å²) in [6, 6.07) is 20.7. The summed E-state index contributed by atoms with van der Waals surface area (Å²) in [7, 11) is 0. The van der Waals surface area contributed by atoms with Crippen molar-refractivity contribution in [1.29, 1.82) is 0 Å². The van der Waals surface area contributed by atoms with Crippen molar-refractivity contribution in [3.8, 4) is 0 Å². The molecule has 106 valence electrons. The first kappa shape index (κ1) is 14.8. The van der Waals surface area contributed by atoms with Gasteiger partial charge in [-0.25, -0.2) is 0 Å². The normalized spacial score (nSPS) is 11.5. The minimum absolute atomic E-state index is 0.130. The van der Waals surface area contributed by atoms with E-state index in [1.807, 2.05) is 36.4 Å². The molecule has 0 aliphatic carbocycles. The van der Waals surface area contributed by atoms with Gasteiger partial charge in [-0.15, -0.1) is 0 Å². The van der Waals surface area contributed by atoms with Crippen LogP contribution in [0.5, 0.6) is 0 Å². The van der Waals surface area contributed by atoms with Gasteiger partial charge in [0.25, 0.3) is 0 Å². The average Bonchev–Trinajstić information content (AvgIpc) is 2.49. The van der Waals surface area contributed by atoms with Crippen LogP contribution in [-0.2, 0) is 12.8 Å². The van der Waals surface area contributed by atoms with Crippen LogP contribution in [0.2, 0.25) is 0 Å². The van der Waals surface area contributed by atoms with Crippen LogP contribution in [0.4, 0.5) is 0 Å². The fourth-order valence-corrected chi connectivity index (χ4v) is 2.70. The lowest BCUT2D eigenvalue weighted by atomic mass is 9.85. The number of hydrogen-bond donors (Lipinski definition) is 2. The van der Waals surface area contributed by atoms with E-state index in [-0.39, 0.29) is 12.1 Å². The third-order valence-electron chi connectivity index (χ3n) is 3.63. The van der Waals surface area contributed by atoms with Gasteiger partial charge in [-0.2, -0.15) is 0 Å². The summed E-state index contributed by atoms with van der Waals surface area (Å²) < 4.78 is 0. The number of rotatable bonds is 7. The SMILES string of the molecule is CCNC(CO)(Cc1ccccc1)Cc1ccccc1. The van der Waals surface area contributed by atoms with Crippen molar-refractivity contribution < 1.29 is 5.11 Å². The van der Waals surface area contributed by atoms with Crippen LogP contribution < -0.4 is 5.32 Å². The van der Waals surface area contributed by atoms with E-state index in [0.717, 1.165) is 19.4 Å². The molecule has 0 aliphatic heterocycles. The molecule has 2 heteroatoms. The van der Waals surface area contributed by atoms with Gasteiger partial charge in [-0.1, -0.05) is 67.6 Å². The molecule has 0 atom stereocenters. The topological polar surface area (TPSA) is 32.3 Å². The zero-order valence-corrected chi connectivity index (χ0v) is 12.0. The summed E-state index contributed by atoms with van der Waals surface area (Å²) in [5.41, 5.74) is 2.20. The van der Waals surface area contributed by atoms with E-state index in [0.29, 0.717) is 0 Å². The second-order valence-electron chi connectivity index (χ2n) is 5.29. The lowest BCUT2D eigenvalue weighted by Gasteiger charge is -2.33. The highest BCUT2D eigenvalue weighted by Gasteiger charge is 2.28. The molecule has 0 unspecified atom stereocenters. The number of aliphatic hydroxyl groups excluding tert-OH is 1. The second kappa shape index (κ2) is 7.22. The van der Waals surface area contributed by atoms with Gasteiger partial charge in [-0.05, 0) is 30.5 Å². The Bertz CT molecular complexity index is 454. The number of aliphatic hydroxyl groups is 1. The molecule has 2 aromatic carbocycles. The Balaban J connectivity index is 2.20. The number of nitrogens with one attached hydrogen (secondary N) is 1. The van der Waals surface area contributed by atoms with Gasteiger partial charge in [0, 0.05) is 5.54 Å². The first-order valence-electron chi connectivity index (χ1n) is 7.22. The van der Waals surface area contributed by atoms with Gasteiger partial charge in [0.15, 0.2) is 0 Å². The van der Waals surface area contributed by atoms with E-state index in [2.05, 4.69) is 36.5 Å². The Morgan fingerprint density at radius 3 is 1.65 bits per heavy atom. The van der Waals surface area contributed by atoms with E-state index in [9.17, 15) is 5.11 Å². The Morgan fingerprint density at radius 2 is 1.30 bits per heavy atom. The first-order chi connectivity index (χ1) is 9.78. The molecule has 0 fully saturated rings. The molecule has 2 nitrogen and oxygen atoms in total. The van der Waals surface area contributed by atoms with Crippen LogP contribution in [-0.4, -0.2) is 23.8 Å². The van der Waals surface area contributed by atoms with E-state index in [1.54, 1.807) is 0 Å². The van der Waals surface area contributed by atoms with E-state index >= 15 is 0 Å². The van der Waals surface area contributed by atoms with Crippen molar-refractivity contribution in [2.24, 2.45) is 0 Å². The molecule has 0 spiro atoms. The Morgan fingerprint density at radius 1 is 0.850 bits per heavy atom. The molecule has 0 heterocycles. The third kappa shape index (κ3) is 3.92. The first-order valence-corrected chi connectivity index (χ1v) is 7.22. The lowest BCUT2D eigenvalue weighted by Crippen LogP contribution is -2.52. The summed E-state index contributed by atoms with van der Waals surface area (Å²) >= 11 is 0. The predicted octanol–water partition coefficient (Wildman–Crippen LogP) is 2.81. The summed E-state index contributed by atoms with van der Waals surface area (Å²) in [6.07, 6.45) is 1.65. The fourth-order valence-electron chi connectivity index (χ4n) is 2.70. The largest absolute Gasteiger partial charge is 0.394 e. The zero-order chi connectivity index (χ0) is 14.3. The Kier molecular flexibility index (Phi) is 5.33. The summed E-state index contributed by atoms with van der Waals surface area (Å²) in [6.45, 7) is 3.06. The molecule has 2 N–H and O–H groups in total. The Hall–Kier alpha value is -1.64. The Labute approximate surface area is 121 Å². The van der Waals surface area contributed by atoms with E-state index < -0.39 is 0 Å². The zero-order valence-electron chi connectivity index (χ0n) is 12.0. The van der Waals surface area contributed by atoms with Gasteiger partial charge in [0.1, 0.15) is 0 Å². The standard InChI is InChI=1S/C18H23NO/c1-2-19-18(15-20,13-16-9-5-3-6-10-16)14-17-11-7-4-8-12-17/h3-12,19-20H,2,13-15H2,1H3. The van der Waals surface area contributed by atoms with Crippen molar-refractivity contribution in [2.45, 2.75) is 25.3 Å². The summed E-state index contributed by atoms with van der Waals surface area (Å²) in [5.74, 6) is 0. The quantitative estimate of drug-likeness (QED) is 0.810. The highest BCUT2D eigenvalue weighted by Crippen LogP contribution is 2.19. The van der Waals surface area contributed by atoms with Crippen LogP contribution in [0.1, 0.15) is 18.1 Å². The second-order valence-corrected chi connectivity index (χ2v) is 5.29. The molecule has 0 amide bonds. The van der Waals surface area contributed by atoms with Crippen molar-refractivity contribution >= 4 is 0 Å². The van der Waals surface area contributed by atoms with Crippen molar-refractivity contribution in [2.75, 3.05) is 13.2 Å². The van der Waals surface area contributed by atoms with Crippen molar-refractivity contribution in [3.05, 3.63) is 71.8 Å². The monoisotopic (exact) mass is 269 g/mol. The maximum atomic E-state index is 9.97. The van der Waals surface area contributed by atoms with Gasteiger partial charge in [0.05, 0.1) is 6.61 Å². The highest BCUT2D eigenvalue weighted by atomic mass is 16.3. The van der Waals surface area contributed by atoms with Crippen LogP contribution in [0, 0.1) is 0 Å². The molecular formula is C18H23NO. The van der Waals surface area contributed by atoms with Gasteiger partial charge in [0.2, 0.25) is 0 Å². The molecule has 0 radical (unpaired) electrons. The van der Waals surface area contributed by atoms with Crippen LogP contribution in [0.15, 0.2) is 60.7 Å². The molecular weight excluding hydrogens is 246 g/mol. The fraction of sp³-hybridized carbons (Fsp3) is 0.333. The molecule has 20 heavy (non-hydrogen) atoms. The van der Waals surface area contributed by atoms with Crippen LogP contribution in [0.25, 0.3) is 0 Å². The number of likely N-dealkylation sites (N-methyl/N-ethyl adjacent to an activating group) is 1. The maximum absolute atomic E-state index is 9.97. The highest BCUT2D eigenvalue weighted by molar-refractivity contribution is 5.23. The molecule has 0 saturated carbocycles. The summed E-state index contributed by atoms with van der Waals surface area (Å²) in [5, 5.41) is 13.5. The minimum Gasteiger partial charge on any atom is -0.394 e. The summed E-state index contributed by atoms with van der Waals surface area (Å²) in [4.78, 5) is 0. The van der Waals surface area contributed by atoms with E-state index in [4.69, 9.17) is 0 Å². The molecule has 0 aromatic heterocycles. The van der Waals surface area contributed by atoms with E-state index in [1.165, 1.54) is 11.1 Å². The van der Waals surface area contributed by atoms with Crippen LogP contribution >= 0.6 is 0 Å². The molecule has 2 aromatic rings. The number of benzene rings is 2. The third-order valence-corrected chi connectivity index (χ3v) is 3.63. The van der Waals surface area contributed by atoms with Crippen molar-refractivity contribution in [3.63, 3.8) is 0 Å². The smallest absolute Gasteiger partial charge is 0.0619 e.